The third-order valence-electron chi connectivity index (χ3n) is 3.15. The van der Waals surface area contributed by atoms with Gasteiger partial charge in [0, 0.05) is 4.88 Å². The van der Waals surface area contributed by atoms with E-state index in [0.717, 1.165) is 10.6 Å². The van der Waals surface area contributed by atoms with E-state index in [1.165, 1.54) is 5.56 Å². The smallest absolute Gasteiger partial charge is 0.225 e. The van der Waals surface area contributed by atoms with E-state index in [2.05, 4.69) is 31.3 Å². The number of carbonyl (C=O) groups excluding carboxylic acids is 1. The molecule has 0 saturated carbocycles. The molecule has 3 nitrogen and oxygen atoms in total. The second-order valence-electron chi connectivity index (χ2n) is 5.18. The third-order valence-corrected chi connectivity index (χ3v) is 4.03. The molecule has 0 saturated heterocycles. The average Bonchev–Trinajstić information content (AvgIpc) is 2.97. The lowest BCUT2D eigenvalue weighted by Gasteiger charge is -2.09. The first-order chi connectivity index (χ1) is 10.1. The van der Waals surface area contributed by atoms with Crippen LogP contribution in [0.3, 0.4) is 0 Å². The van der Waals surface area contributed by atoms with E-state index >= 15 is 0 Å². The van der Waals surface area contributed by atoms with Crippen LogP contribution in [0.2, 0.25) is 0 Å². The molecule has 2 rings (SSSR count). The number of benzene rings is 1. The average molecular weight is 303 g/mol. The highest BCUT2D eigenvalue weighted by Gasteiger charge is 2.04. The number of hydrogen-bond donors (Lipinski definition) is 1. The Labute approximate surface area is 130 Å². The van der Waals surface area contributed by atoms with Crippen LogP contribution in [0.25, 0.3) is 0 Å². The highest BCUT2D eigenvalue weighted by molar-refractivity contribution is 7.10. The molecule has 0 radical (unpaired) electrons. The van der Waals surface area contributed by atoms with E-state index in [0.29, 0.717) is 25.5 Å². The van der Waals surface area contributed by atoms with Gasteiger partial charge in [-0.05, 0) is 35.1 Å². The summed E-state index contributed by atoms with van der Waals surface area (Å²) >= 11 is 1.60. The molecule has 21 heavy (non-hydrogen) atoms. The molecule has 0 aliphatic heterocycles. The molecule has 112 valence electrons. The van der Waals surface area contributed by atoms with Crippen LogP contribution in [0.15, 0.2) is 41.8 Å². The quantitative estimate of drug-likeness (QED) is 0.794. The minimum atomic E-state index is 0.0382. The molecule has 0 atom stereocenters. The SMILES string of the molecule is CC(C)c1ccc(OCCNC(=O)Cc2cccs2)cc1. The largest absolute Gasteiger partial charge is 0.492 e. The van der Waals surface area contributed by atoms with Crippen LogP contribution in [0.1, 0.15) is 30.2 Å². The van der Waals surface area contributed by atoms with Gasteiger partial charge >= 0.3 is 0 Å². The van der Waals surface area contributed by atoms with Gasteiger partial charge in [0.25, 0.3) is 0 Å². The first kappa shape index (κ1) is 15.6. The molecule has 0 spiro atoms. The first-order valence-electron chi connectivity index (χ1n) is 7.17. The van der Waals surface area contributed by atoms with E-state index in [1.54, 1.807) is 11.3 Å². The molecule has 0 aliphatic carbocycles. The Bertz CT molecular complexity index is 547. The van der Waals surface area contributed by atoms with Crippen LogP contribution >= 0.6 is 11.3 Å². The number of nitrogens with one attached hydrogen (secondary N) is 1. The Hall–Kier alpha value is -1.81. The van der Waals surface area contributed by atoms with E-state index in [1.807, 2.05) is 29.6 Å². The lowest BCUT2D eigenvalue weighted by molar-refractivity contribution is -0.120. The van der Waals surface area contributed by atoms with Gasteiger partial charge in [0.1, 0.15) is 12.4 Å². The lowest BCUT2D eigenvalue weighted by atomic mass is 10.0. The number of hydrogen-bond acceptors (Lipinski definition) is 3. The summed E-state index contributed by atoms with van der Waals surface area (Å²) in [4.78, 5) is 12.8. The number of carbonyl (C=O) groups is 1. The van der Waals surface area contributed by atoms with Crippen LogP contribution in [0, 0.1) is 0 Å². The Morgan fingerprint density at radius 3 is 2.62 bits per heavy atom. The van der Waals surface area contributed by atoms with Crippen molar-refractivity contribution in [2.24, 2.45) is 0 Å². The maximum Gasteiger partial charge on any atom is 0.225 e. The van der Waals surface area contributed by atoms with Gasteiger partial charge in [-0.1, -0.05) is 32.0 Å². The summed E-state index contributed by atoms with van der Waals surface area (Å²) in [7, 11) is 0. The van der Waals surface area contributed by atoms with E-state index in [4.69, 9.17) is 4.74 Å². The number of thiophene rings is 1. The zero-order chi connectivity index (χ0) is 15.1. The Kier molecular flexibility index (Phi) is 5.81. The normalized spacial score (nSPS) is 10.6. The molecule has 1 N–H and O–H groups in total. The van der Waals surface area contributed by atoms with Crippen molar-refractivity contribution in [1.29, 1.82) is 0 Å². The molecular weight excluding hydrogens is 282 g/mol. The van der Waals surface area contributed by atoms with Crippen LogP contribution in [0.4, 0.5) is 0 Å². The molecule has 0 bridgehead atoms. The molecule has 0 fully saturated rings. The first-order valence-corrected chi connectivity index (χ1v) is 8.05. The van der Waals surface area contributed by atoms with Gasteiger partial charge in [0.2, 0.25) is 5.91 Å². The van der Waals surface area contributed by atoms with Crippen LogP contribution in [-0.2, 0) is 11.2 Å². The molecular formula is C17H21NO2S. The maximum absolute atomic E-state index is 11.7. The van der Waals surface area contributed by atoms with Crippen molar-refractivity contribution in [1.82, 2.24) is 5.32 Å². The highest BCUT2D eigenvalue weighted by Crippen LogP contribution is 2.18. The summed E-state index contributed by atoms with van der Waals surface area (Å²) in [6.45, 7) is 5.34. The van der Waals surface area contributed by atoms with Gasteiger partial charge in [0.15, 0.2) is 0 Å². The summed E-state index contributed by atoms with van der Waals surface area (Å²) in [5.41, 5.74) is 1.30. The van der Waals surface area contributed by atoms with Crippen molar-refractivity contribution in [3.63, 3.8) is 0 Å². The van der Waals surface area contributed by atoms with Gasteiger partial charge in [-0.25, -0.2) is 0 Å². The summed E-state index contributed by atoms with van der Waals surface area (Å²) in [6.07, 6.45) is 0.445. The van der Waals surface area contributed by atoms with E-state index in [-0.39, 0.29) is 5.91 Å². The molecule has 2 aromatic rings. The fraction of sp³-hybridized carbons (Fsp3) is 0.353. The Morgan fingerprint density at radius 2 is 2.00 bits per heavy atom. The Morgan fingerprint density at radius 1 is 1.24 bits per heavy atom. The summed E-state index contributed by atoms with van der Waals surface area (Å²) in [6, 6.07) is 12.0. The maximum atomic E-state index is 11.7. The minimum absolute atomic E-state index is 0.0382. The van der Waals surface area contributed by atoms with Crippen molar-refractivity contribution in [2.75, 3.05) is 13.2 Å². The zero-order valence-corrected chi connectivity index (χ0v) is 13.3. The summed E-state index contributed by atoms with van der Waals surface area (Å²) in [5.74, 6) is 1.40. The fourth-order valence-electron chi connectivity index (χ4n) is 1.94. The predicted molar refractivity (Wildman–Crippen MR) is 87.1 cm³/mol. The Balaban J connectivity index is 1.66. The minimum Gasteiger partial charge on any atom is -0.492 e. The topological polar surface area (TPSA) is 38.3 Å². The lowest BCUT2D eigenvalue weighted by Crippen LogP contribution is -2.29. The third kappa shape index (κ3) is 5.23. The van der Waals surface area contributed by atoms with Crippen molar-refractivity contribution in [3.8, 4) is 5.75 Å². The number of amides is 1. The van der Waals surface area contributed by atoms with Gasteiger partial charge in [-0.15, -0.1) is 11.3 Å². The molecule has 4 heteroatoms. The van der Waals surface area contributed by atoms with E-state index in [9.17, 15) is 4.79 Å². The van der Waals surface area contributed by atoms with Crippen molar-refractivity contribution in [2.45, 2.75) is 26.2 Å². The van der Waals surface area contributed by atoms with Gasteiger partial charge < -0.3 is 10.1 Å². The van der Waals surface area contributed by atoms with Crippen molar-refractivity contribution >= 4 is 17.2 Å². The second-order valence-corrected chi connectivity index (χ2v) is 6.21. The zero-order valence-electron chi connectivity index (χ0n) is 12.5. The van der Waals surface area contributed by atoms with E-state index < -0.39 is 0 Å². The monoisotopic (exact) mass is 303 g/mol. The van der Waals surface area contributed by atoms with Gasteiger partial charge in [-0.3, -0.25) is 4.79 Å². The highest BCUT2D eigenvalue weighted by atomic mass is 32.1. The second kappa shape index (κ2) is 7.84. The van der Waals surface area contributed by atoms with Gasteiger partial charge in [0.05, 0.1) is 13.0 Å². The molecule has 1 aromatic heterocycles. The molecule has 0 aliphatic rings. The van der Waals surface area contributed by atoms with Crippen LogP contribution in [0.5, 0.6) is 5.75 Å². The fourth-order valence-corrected chi connectivity index (χ4v) is 2.65. The summed E-state index contributed by atoms with van der Waals surface area (Å²) in [5, 5.41) is 4.84. The summed E-state index contributed by atoms with van der Waals surface area (Å²) < 4.78 is 5.61. The number of ether oxygens (including phenoxy) is 1. The molecule has 1 heterocycles. The van der Waals surface area contributed by atoms with Crippen molar-refractivity contribution in [3.05, 3.63) is 52.2 Å². The standard InChI is InChI=1S/C17H21NO2S/c1-13(2)14-5-7-15(8-6-14)20-10-9-18-17(19)12-16-4-3-11-21-16/h3-8,11,13H,9-10,12H2,1-2H3,(H,18,19). The van der Waals surface area contributed by atoms with Gasteiger partial charge in [-0.2, -0.15) is 0 Å². The molecule has 1 aromatic carbocycles. The number of rotatable bonds is 7. The molecule has 1 amide bonds. The van der Waals surface area contributed by atoms with Crippen molar-refractivity contribution < 1.29 is 9.53 Å². The van der Waals surface area contributed by atoms with Crippen LogP contribution in [-0.4, -0.2) is 19.1 Å². The van der Waals surface area contributed by atoms with Crippen LogP contribution < -0.4 is 10.1 Å². The molecule has 0 unspecified atom stereocenters. The predicted octanol–water partition coefficient (Wildman–Crippen LogP) is 3.61.